The number of halogens is 3. The Balaban J connectivity index is 1.28. The molecule has 0 aliphatic carbocycles. The molecule has 2 aromatic carbocycles. The highest BCUT2D eigenvalue weighted by molar-refractivity contribution is 6.34. The van der Waals surface area contributed by atoms with Crippen LogP contribution in [0.3, 0.4) is 0 Å². The van der Waals surface area contributed by atoms with Crippen LogP contribution >= 0.6 is 11.6 Å². The molecule has 1 aromatic heterocycles. The first-order chi connectivity index (χ1) is 19.6. The molecule has 218 valence electrons. The molecule has 2 aliphatic rings. The van der Waals surface area contributed by atoms with Crippen molar-refractivity contribution in [3.63, 3.8) is 0 Å². The van der Waals surface area contributed by atoms with Crippen molar-refractivity contribution in [2.24, 2.45) is 13.0 Å². The van der Waals surface area contributed by atoms with Crippen molar-refractivity contribution in [2.75, 3.05) is 38.0 Å². The van der Waals surface area contributed by atoms with Crippen LogP contribution in [0.5, 0.6) is 0 Å². The molecule has 2 fully saturated rings. The predicted molar refractivity (Wildman–Crippen MR) is 152 cm³/mol. The number of fused-ring (bicyclic) bond motifs is 1. The van der Waals surface area contributed by atoms with Crippen molar-refractivity contribution in [1.29, 1.82) is 0 Å². The summed E-state index contributed by atoms with van der Waals surface area (Å²) in [4.78, 5) is 39.9. The number of aliphatic carboxylic acids is 1. The van der Waals surface area contributed by atoms with Gasteiger partial charge in [-0.15, -0.1) is 0 Å². The fourth-order valence-corrected chi connectivity index (χ4v) is 6.40. The lowest BCUT2D eigenvalue weighted by Crippen LogP contribution is -2.58. The van der Waals surface area contributed by atoms with Crippen LogP contribution in [0.1, 0.15) is 41.6 Å². The monoisotopic (exact) mass is 587 g/mol. The molecule has 8 nitrogen and oxygen atoms in total. The molecule has 2 N–H and O–H groups in total. The van der Waals surface area contributed by atoms with Gasteiger partial charge >= 0.3 is 11.9 Å². The lowest BCUT2D eigenvalue weighted by molar-refractivity contribution is -0.881. The van der Waals surface area contributed by atoms with Gasteiger partial charge in [-0.2, -0.15) is 4.39 Å². The molecular formula is C30H34ClF2N4O4+. The number of hydrogen-bond donors (Lipinski definition) is 2. The Morgan fingerprint density at radius 3 is 2.56 bits per heavy atom. The van der Waals surface area contributed by atoms with E-state index in [1.165, 1.54) is 6.07 Å². The minimum Gasteiger partial charge on any atom is -0.481 e. The van der Waals surface area contributed by atoms with Crippen molar-refractivity contribution < 1.29 is 32.8 Å². The first-order valence-electron chi connectivity index (χ1n) is 13.9. The highest BCUT2D eigenvalue weighted by Crippen LogP contribution is 2.33. The molecule has 0 spiro atoms. The molecule has 2 aliphatic heterocycles. The first-order valence-corrected chi connectivity index (χ1v) is 14.3. The lowest BCUT2D eigenvalue weighted by Gasteiger charge is -2.37. The van der Waals surface area contributed by atoms with Gasteiger partial charge in [0, 0.05) is 49.1 Å². The smallest absolute Gasteiger partial charge is 0.320 e. The summed E-state index contributed by atoms with van der Waals surface area (Å²) >= 11 is 6.43. The number of carbonyl (C=O) groups is 3. The number of piperidine rings is 1. The van der Waals surface area contributed by atoms with Crippen LogP contribution in [0, 0.1) is 11.7 Å². The van der Waals surface area contributed by atoms with Gasteiger partial charge in [0.15, 0.2) is 0 Å². The normalized spacial score (nSPS) is 21.8. The molecule has 0 radical (unpaired) electrons. The summed E-state index contributed by atoms with van der Waals surface area (Å²) in [5.41, 5.74) is 1.41. The van der Waals surface area contributed by atoms with Gasteiger partial charge < -0.3 is 15.0 Å². The zero-order valence-corrected chi connectivity index (χ0v) is 23.7. The van der Waals surface area contributed by atoms with Gasteiger partial charge in [-0.25, -0.2) is 13.7 Å². The van der Waals surface area contributed by atoms with E-state index in [1.807, 2.05) is 35.9 Å². The number of aromatic nitrogens is 1. The Morgan fingerprint density at radius 1 is 1.15 bits per heavy atom. The molecule has 41 heavy (non-hydrogen) atoms. The summed E-state index contributed by atoms with van der Waals surface area (Å²) < 4.78 is 32.0. The van der Waals surface area contributed by atoms with E-state index in [-0.39, 0.29) is 46.1 Å². The van der Waals surface area contributed by atoms with E-state index in [2.05, 4.69) is 10.2 Å². The number of amides is 2. The minimum atomic E-state index is -1.38. The number of aryl methyl sites for hydroxylation is 1. The van der Waals surface area contributed by atoms with Gasteiger partial charge in [0.1, 0.15) is 12.4 Å². The third-order valence-corrected chi connectivity index (χ3v) is 8.96. The van der Waals surface area contributed by atoms with Crippen molar-refractivity contribution in [2.45, 2.75) is 38.4 Å². The van der Waals surface area contributed by atoms with E-state index in [0.717, 1.165) is 17.0 Å². The van der Waals surface area contributed by atoms with E-state index in [9.17, 15) is 19.5 Å². The summed E-state index contributed by atoms with van der Waals surface area (Å²) in [6.45, 7) is 2.20. The average Bonchev–Trinajstić information content (AvgIpc) is 3.50. The van der Waals surface area contributed by atoms with Gasteiger partial charge in [0.25, 0.3) is 5.91 Å². The largest absolute Gasteiger partial charge is 0.481 e. The molecule has 3 heterocycles. The highest BCUT2D eigenvalue weighted by atomic mass is 35.5. The van der Waals surface area contributed by atoms with Gasteiger partial charge in [-0.05, 0) is 44.1 Å². The molecule has 0 saturated carbocycles. The topological polar surface area (TPSA) is 91.6 Å². The third kappa shape index (κ3) is 5.86. The Morgan fingerprint density at radius 2 is 1.88 bits per heavy atom. The zero-order chi connectivity index (χ0) is 29.3. The highest BCUT2D eigenvalue weighted by Gasteiger charge is 2.48. The van der Waals surface area contributed by atoms with E-state index in [0.29, 0.717) is 51.0 Å². The maximum absolute atomic E-state index is 15.3. The maximum atomic E-state index is 15.3. The van der Waals surface area contributed by atoms with Gasteiger partial charge in [-0.3, -0.25) is 14.5 Å². The molecule has 11 heteroatoms. The Bertz CT molecular complexity index is 1490. The summed E-state index contributed by atoms with van der Waals surface area (Å²) in [7, 11) is 1.83. The zero-order valence-electron chi connectivity index (χ0n) is 22.9. The number of likely N-dealkylation sites (tertiary alicyclic amines) is 2. The lowest BCUT2D eigenvalue weighted by atomic mass is 9.97. The minimum absolute atomic E-state index is 0.0435. The molecule has 5 rings (SSSR count). The first kappa shape index (κ1) is 29.2. The number of carboxylic acid groups (broad SMARTS) is 1. The van der Waals surface area contributed by atoms with Crippen LogP contribution in [0.25, 0.3) is 10.9 Å². The Hall–Kier alpha value is -3.34. The molecule has 2 amide bonds. The van der Waals surface area contributed by atoms with Crippen LogP contribution in [-0.4, -0.2) is 75.9 Å². The molecule has 2 unspecified atom stereocenters. The SMILES string of the molecule is Cn1cc(C(=O)Nc2cc(F)c(CC(=O)[N+]3(CCN4CCC(C(=O)O)CC4)CCCC3F)cc2Cl)c2ccccc21. The number of alkyl halides is 1. The number of benzene rings is 2. The molecule has 3 aromatic rings. The van der Waals surface area contributed by atoms with Crippen molar-refractivity contribution >= 4 is 46.0 Å². The Kier molecular flexibility index (Phi) is 8.45. The number of nitrogens with one attached hydrogen (secondary N) is 1. The summed E-state index contributed by atoms with van der Waals surface area (Å²) in [6.07, 6.45) is 1.84. The van der Waals surface area contributed by atoms with Gasteiger partial charge in [0.2, 0.25) is 6.30 Å². The number of rotatable bonds is 8. The number of carboxylic acids is 1. The number of para-hydroxylation sites is 1. The Labute approximate surface area is 242 Å². The standard InChI is InChI=1S/C30H33ClF2N4O4/c1-35-18-22(21-5-2-3-6-26(21)35)29(39)34-25-17-24(32)20(15-23(25)31)16-28(38)37(13-4-7-27(37)33)14-12-36-10-8-19(9-11-36)30(40)41/h2-3,5-6,15,17-19,27H,4,7-14,16H2,1H3,(H-,34,39,40,41)/p+1. The van der Waals surface area contributed by atoms with Crippen molar-refractivity contribution in [3.8, 4) is 0 Å². The second-order valence-corrected chi connectivity index (χ2v) is 11.5. The van der Waals surface area contributed by atoms with E-state index >= 15 is 8.78 Å². The number of quaternary nitrogens is 1. The van der Waals surface area contributed by atoms with Gasteiger partial charge in [0.05, 0.1) is 35.2 Å². The second-order valence-electron chi connectivity index (χ2n) is 11.1. The third-order valence-electron chi connectivity index (χ3n) is 8.65. The summed E-state index contributed by atoms with van der Waals surface area (Å²) in [6, 6.07) is 9.85. The van der Waals surface area contributed by atoms with Crippen molar-refractivity contribution in [1.82, 2.24) is 9.47 Å². The fraction of sp³-hybridized carbons (Fsp3) is 0.433. The number of hydrogen-bond acceptors (Lipinski definition) is 4. The number of nitrogens with zero attached hydrogens (tertiary/aromatic N) is 3. The van der Waals surface area contributed by atoms with Crippen molar-refractivity contribution in [3.05, 3.63) is 64.6 Å². The van der Waals surface area contributed by atoms with Crippen LogP contribution < -0.4 is 5.32 Å². The van der Waals surface area contributed by atoms with Crippen LogP contribution in [0.2, 0.25) is 5.02 Å². The quantitative estimate of drug-likeness (QED) is 0.286. The van der Waals surface area contributed by atoms with E-state index in [4.69, 9.17) is 11.6 Å². The molecule has 2 atom stereocenters. The molecule has 2 saturated heterocycles. The number of anilines is 1. The van der Waals surface area contributed by atoms with E-state index in [1.54, 1.807) is 6.20 Å². The summed E-state index contributed by atoms with van der Waals surface area (Å²) in [5.74, 6) is -2.74. The number of carbonyl (C=O) groups excluding carboxylic acids is 2. The maximum Gasteiger partial charge on any atom is 0.320 e. The van der Waals surface area contributed by atoms with Crippen LogP contribution in [0.4, 0.5) is 14.5 Å². The van der Waals surface area contributed by atoms with E-state index < -0.39 is 29.9 Å². The van der Waals surface area contributed by atoms with Crippen LogP contribution in [0.15, 0.2) is 42.6 Å². The van der Waals surface area contributed by atoms with Gasteiger partial charge in [-0.1, -0.05) is 29.8 Å². The average molecular weight is 588 g/mol. The second kappa shape index (κ2) is 11.9. The molecular weight excluding hydrogens is 554 g/mol. The fourth-order valence-electron chi connectivity index (χ4n) is 6.16. The summed E-state index contributed by atoms with van der Waals surface area (Å²) in [5, 5.41) is 12.7. The van der Waals surface area contributed by atoms with Crippen LogP contribution in [-0.2, 0) is 23.1 Å². The predicted octanol–water partition coefficient (Wildman–Crippen LogP) is 5.00. The molecule has 0 bridgehead atoms.